The third kappa shape index (κ3) is 19.7. The van der Waals surface area contributed by atoms with E-state index in [0.29, 0.717) is 0 Å². The summed E-state index contributed by atoms with van der Waals surface area (Å²) in [6, 6.07) is 0. The van der Waals surface area contributed by atoms with Crippen molar-refractivity contribution in [3.8, 4) is 0 Å². The van der Waals surface area contributed by atoms with E-state index in [-0.39, 0.29) is 0 Å². The summed E-state index contributed by atoms with van der Waals surface area (Å²) in [6.07, 6.45) is 27.7. The van der Waals surface area contributed by atoms with Crippen molar-refractivity contribution >= 4 is 0 Å². The second kappa shape index (κ2) is 19.7. The number of unbranched alkanes of at least 4 members (excludes halogenated alkanes) is 15. The van der Waals surface area contributed by atoms with Gasteiger partial charge in [-0.25, -0.2) is 0 Å². The lowest BCUT2D eigenvalue weighted by molar-refractivity contribution is 0.582. The Kier molecular flexibility index (Phi) is 19.5. The average Bonchev–Trinajstić information content (AvgIpc) is 2.50. The van der Waals surface area contributed by atoms with Crippen LogP contribution in [0.15, 0.2) is 12.2 Å². The molecule has 0 heterocycles. The van der Waals surface area contributed by atoms with Gasteiger partial charge in [-0.2, -0.15) is 0 Å². The first-order valence-corrected chi connectivity index (χ1v) is 9.65. The van der Waals surface area contributed by atoms with Crippen LogP contribution in [0.25, 0.3) is 0 Å². The van der Waals surface area contributed by atoms with E-state index in [1.165, 1.54) is 96.3 Å². The minimum absolute atomic E-state index is 1.11. The maximum absolute atomic E-state index is 3.89. The maximum atomic E-state index is 3.89. The molecule has 0 N–H and O–H groups in total. The molecule has 2 radical (unpaired) electrons. The van der Waals surface area contributed by atoms with E-state index >= 15 is 0 Å². The molecule has 0 spiro atoms. The lowest BCUT2D eigenvalue weighted by Crippen LogP contribution is -1.80. The first kappa shape index (κ1) is 20.7. The predicted octanol–water partition coefficient (Wildman–Crippen LogP) is 7.84. The Morgan fingerprint density at radius 3 is 1.00 bits per heavy atom. The van der Waals surface area contributed by atoms with Crippen LogP contribution in [-0.4, -0.2) is 0 Å². The van der Waals surface area contributed by atoms with Gasteiger partial charge in [0, 0.05) is 0 Å². The van der Waals surface area contributed by atoms with Gasteiger partial charge < -0.3 is 0 Å². The highest BCUT2D eigenvalue weighted by molar-refractivity contribution is 4.81. The van der Waals surface area contributed by atoms with Gasteiger partial charge >= 0.3 is 0 Å². The molecule has 124 valence electrons. The molecule has 0 aliphatic heterocycles. The quantitative estimate of drug-likeness (QED) is 0.189. The average molecular weight is 293 g/mol. The van der Waals surface area contributed by atoms with Crippen LogP contribution in [-0.2, 0) is 0 Å². The smallest absolute Gasteiger partial charge is 0.0351 e. The Hall–Kier alpha value is -0.260. The molecule has 0 heteroatoms. The molecule has 0 rings (SSSR count). The zero-order valence-electron chi connectivity index (χ0n) is 14.6. The van der Waals surface area contributed by atoms with Gasteiger partial charge in [0.1, 0.15) is 0 Å². The van der Waals surface area contributed by atoms with Crippen LogP contribution in [0.5, 0.6) is 0 Å². The molecule has 0 aliphatic rings. The molecule has 0 unspecified atom stereocenters. The highest BCUT2D eigenvalue weighted by atomic mass is 14.0. The largest absolute Gasteiger partial charge is 0.0885 e. The standard InChI is InChI=1S/C21H40/c1-3-5-7-9-11-13-15-17-19-21-20-18-16-14-12-10-8-6-4-2/h19,21H,1-18,20H2. The molecule has 0 atom stereocenters. The number of hydrogen-bond donors (Lipinski definition) is 0. The first-order valence-electron chi connectivity index (χ1n) is 9.65. The third-order valence-electron chi connectivity index (χ3n) is 4.16. The molecule has 0 fully saturated rings. The number of hydrogen-bond acceptors (Lipinski definition) is 0. The SMILES string of the molecule is [CH2]CCCCCCCCC=CCCCCCCCCC[CH2]. The molecule has 0 saturated heterocycles. The van der Waals surface area contributed by atoms with Gasteiger partial charge in [-0.3, -0.25) is 0 Å². The van der Waals surface area contributed by atoms with Crippen LogP contribution in [0.3, 0.4) is 0 Å². The van der Waals surface area contributed by atoms with Crippen molar-refractivity contribution in [1.29, 1.82) is 0 Å². The molecule has 0 aliphatic carbocycles. The van der Waals surface area contributed by atoms with Crippen LogP contribution < -0.4 is 0 Å². The fraction of sp³-hybridized carbons (Fsp3) is 0.810. The lowest BCUT2D eigenvalue weighted by Gasteiger charge is -2.00. The third-order valence-corrected chi connectivity index (χ3v) is 4.16. The number of rotatable bonds is 17. The molecule has 0 amide bonds. The Morgan fingerprint density at radius 1 is 0.381 bits per heavy atom. The zero-order chi connectivity index (χ0) is 15.4. The fourth-order valence-electron chi connectivity index (χ4n) is 2.70. The molecule has 0 aromatic rings. The van der Waals surface area contributed by atoms with Gasteiger partial charge in [0.05, 0.1) is 0 Å². The van der Waals surface area contributed by atoms with Crippen molar-refractivity contribution in [1.82, 2.24) is 0 Å². The van der Waals surface area contributed by atoms with Crippen LogP contribution in [0, 0.1) is 13.8 Å². The highest BCUT2D eigenvalue weighted by Gasteiger charge is 1.91. The number of allylic oxidation sites excluding steroid dienone is 2. The fourth-order valence-corrected chi connectivity index (χ4v) is 2.70. The van der Waals surface area contributed by atoms with E-state index in [2.05, 4.69) is 26.0 Å². The van der Waals surface area contributed by atoms with Crippen LogP contribution in [0.2, 0.25) is 0 Å². The highest BCUT2D eigenvalue weighted by Crippen LogP contribution is 2.11. The van der Waals surface area contributed by atoms with Crippen molar-refractivity contribution in [2.75, 3.05) is 0 Å². The molecular formula is C21H40. The van der Waals surface area contributed by atoms with E-state index in [4.69, 9.17) is 0 Å². The predicted molar refractivity (Wildman–Crippen MR) is 98.3 cm³/mol. The topological polar surface area (TPSA) is 0 Å². The van der Waals surface area contributed by atoms with E-state index in [0.717, 1.165) is 12.8 Å². The van der Waals surface area contributed by atoms with E-state index in [9.17, 15) is 0 Å². The summed E-state index contributed by atoms with van der Waals surface area (Å²) < 4.78 is 0. The van der Waals surface area contributed by atoms with Crippen molar-refractivity contribution in [3.05, 3.63) is 26.0 Å². The van der Waals surface area contributed by atoms with Gasteiger partial charge in [0.15, 0.2) is 0 Å². The summed E-state index contributed by atoms with van der Waals surface area (Å²) in [6.45, 7) is 7.77. The van der Waals surface area contributed by atoms with Gasteiger partial charge in [-0.05, 0) is 25.7 Å². The maximum Gasteiger partial charge on any atom is -0.0351 e. The summed E-state index contributed by atoms with van der Waals surface area (Å²) in [5.74, 6) is 0. The lowest BCUT2D eigenvalue weighted by atomic mass is 10.1. The molecule has 0 aromatic heterocycles. The minimum Gasteiger partial charge on any atom is -0.0885 e. The molecular weight excluding hydrogens is 252 g/mol. The van der Waals surface area contributed by atoms with Crippen molar-refractivity contribution in [3.63, 3.8) is 0 Å². The molecule has 0 saturated carbocycles. The Labute approximate surface area is 135 Å². The van der Waals surface area contributed by atoms with Crippen molar-refractivity contribution < 1.29 is 0 Å². The van der Waals surface area contributed by atoms with E-state index < -0.39 is 0 Å². The zero-order valence-corrected chi connectivity index (χ0v) is 14.6. The first-order chi connectivity index (χ1) is 10.4. The van der Waals surface area contributed by atoms with E-state index in [1.807, 2.05) is 0 Å². The second-order valence-corrected chi connectivity index (χ2v) is 6.35. The summed E-state index contributed by atoms with van der Waals surface area (Å²) in [5, 5.41) is 0. The van der Waals surface area contributed by atoms with Gasteiger partial charge in [0.2, 0.25) is 0 Å². The monoisotopic (exact) mass is 292 g/mol. The second-order valence-electron chi connectivity index (χ2n) is 6.35. The summed E-state index contributed by atoms with van der Waals surface area (Å²) in [5.41, 5.74) is 0. The van der Waals surface area contributed by atoms with Gasteiger partial charge in [-0.15, -0.1) is 0 Å². The summed E-state index contributed by atoms with van der Waals surface area (Å²) in [4.78, 5) is 0. The molecule has 0 nitrogen and oxygen atoms in total. The van der Waals surface area contributed by atoms with Crippen LogP contribution in [0.1, 0.15) is 109 Å². The van der Waals surface area contributed by atoms with Crippen LogP contribution >= 0.6 is 0 Å². The molecule has 21 heavy (non-hydrogen) atoms. The van der Waals surface area contributed by atoms with E-state index in [1.54, 1.807) is 0 Å². The Morgan fingerprint density at radius 2 is 0.667 bits per heavy atom. The molecule has 0 aromatic carbocycles. The Balaban J connectivity index is 3.02. The normalized spacial score (nSPS) is 11.5. The van der Waals surface area contributed by atoms with Crippen LogP contribution in [0.4, 0.5) is 0 Å². The van der Waals surface area contributed by atoms with Gasteiger partial charge in [-0.1, -0.05) is 109 Å². The van der Waals surface area contributed by atoms with Crippen molar-refractivity contribution in [2.45, 2.75) is 109 Å². The minimum atomic E-state index is 1.11. The van der Waals surface area contributed by atoms with Gasteiger partial charge in [0.25, 0.3) is 0 Å². The Bertz CT molecular complexity index is 192. The van der Waals surface area contributed by atoms with Crippen molar-refractivity contribution in [2.24, 2.45) is 0 Å². The molecule has 0 bridgehead atoms. The summed E-state index contributed by atoms with van der Waals surface area (Å²) in [7, 11) is 0. The summed E-state index contributed by atoms with van der Waals surface area (Å²) >= 11 is 0.